The standard InChI is InChI=1S/C17H18F3N5OS/c1-24-15(17(18,19)20)10-12(23-24)13-4-5-14(27-13)16(26)22-7-3-9-25-8-2-6-21-11-25/h2,4-6,10-11H,3,7-9H2,1H3,(H,22,26). The first-order valence-electron chi connectivity index (χ1n) is 8.26. The minimum absolute atomic E-state index is 0.200. The summed E-state index contributed by atoms with van der Waals surface area (Å²) in [6, 6.07) is 4.19. The number of carbonyl (C=O) groups is 1. The van der Waals surface area contributed by atoms with E-state index in [2.05, 4.69) is 15.4 Å². The number of hydrogen-bond donors (Lipinski definition) is 1. The number of alkyl halides is 3. The van der Waals surface area contributed by atoms with E-state index in [0.717, 1.165) is 41.6 Å². The molecule has 0 atom stereocenters. The van der Waals surface area contributed by atoms with Crippen molar-refractivity contribution < 1.29 is 18.0 Å². The van der Waals surface area contributed by atoms with Crippen LogP contribution in [0.5, 0.6) is 0 Å². The molecular formula is C17H18F3N5OS. The fourth-order valence-corrected chi connectivity index (χ4v) is 3.47. The van der Waals surface area contributed by atoms with Gasteiger partial charge in [-0.15, -0.1) is 11.3 Å². The molecule has 3 heterocycles. The number of nitrogens with one attached hydrogen (secondary N) is 1. The van der Waals surface area contributed by atoms with E-state index in [1.807, 2.05) is 11.0 Å². The van der Waals surface area contributed by atoms with E-state index in [4.69, 9.17) is 0 Å². The van der Waals surface area contributed by atoms with Gasteiger partial charge in [-0.3, -0.25) is 9.48 Å². The zero-order chi connectivity index (χ0) is 19.4. The Kier molecular flexibility index (Phi) is 5.64. The molecule has 1 aliphatic rings. The van der Waals surface area contributed by atoms with E-state index >= 15 is 0 Å². The zero-order valence-corrected chi connectivity index (χ0v) is 15.3. The van der Waals surface area contributed by atoms with Crippen molar-refractivity contribution in [3.8, 4) is 10.6 Å². The number of aliphatic imine (C=N–C) groups is 1. The van der Waals surface area contributed by atoms with Gasteiger partial charge in [0.2, 0.25) is 0 Å². The fourth-order valence-electron chi connectivity index (χ4n) is 2.59. The number of carbonyl (C=O) groups excluding carboxylic acids is 1. The van der Waals surface area contributed by atoms with Crippen LogP contribution in [0.25, 0.3) is 10.6 Å². The lowest BCUT2D eigenvalue weighted by Gasteiger charge is -2.19. The molecule has 2 aromatic heterocycles. The highest BCUT2D eigenvalue weighted by molar-refractivity contribution is 7.17. The van der Waals surface area contributed by atoms with E-state index in [9.17, 15) is 18.0 Å². The van der Waals surface area contributed by atoms with E-state index in [1.54, 1.807) is 24.7 Å². The quantitative estimate of drug-likeness (QED) is 0.762. The van der Waals surface area contributed by atoms with Gasteiger partial charge in [0.15, 0.2) is 0 Å². The first kappa shape index (κ1) is 19.2. The van der Waals surface area contributed by atoms with Crippen LogP contribution in [0.4, 0.5) is 13.2 Å². The number of halogens is 3. The zero-order valence-electron chi connectivity index (χ0n) is 14.5. The van der Waals surface area contributed by atoms with Gasteiger partial charge in [-0.25, -0.2) is 4.99 Å². The maximum absolute atomic E-state index is 12.9. The molecule has 0 spiro atoms. The Labute approximate surface area is 158 Å². The molecule has 3 rings (SSSR count). The Morgan fingerprint density at radius 3 is 2.85 bits per heavy atom. The predicted octanol–water partition coefficient (Wildman–Crippen LogP) is 3.14. The summed E-state index contributed by atoms with van der Waals surface area (Å²) in [6.45, 7) is 2.08. The first-order chi connectivity index (χ1) is 12.8. The third kappa shape index (κ3) is 4.76. The highest BCUT2D eigenvalue weighted by Gasteiger charge is 2.35. The van der Waals surface area contributed by atoms with Crippen molar-refractivity contribution in [3.05, 3.63) is 41.0 Å². The summed E-state index contributed by atoms with van der Waals surface area (Å²) in [5.41, 5.74) is -0.626. The Morgan fingerprint density at radius 2 is 2.19 bits per heavy atom. The molecule has 6 nitrogen and oxygen atoms in total. The van der Waals surface area contributed by atoms with Gasteiger partial charge in [0.25, 0.3) is 5.91 Å². The first-order valence-corrected chi connectivity index (χ1v) is 9.08. The minimum Gasteiger partial charge on any atom is -0.359 e. The van der Waals surface area contributed by atoms with Gasteiger partial charge in [0.05, 0.1) is 16.1 Å². The van der Waals surface area contributed by atoms with Crippen molar-refractivity contribution in [2.75, 3.05) is 19.6 Å². The summed E-state index contributed by atoms with van der Waals surface area (Å²) in [7, 11) is 1.25. The molecule has 1 amide bonds. The van der Waals surface area contributed by atoms with Crippen molar-refractivity contribution >= 4 is 23.6 Å². The van der Waals surface area contributed by atoms with E-state index < -0.39 is 11.9 Å². The average Bonchev–Trinajstić information content (AvgIpc) is 3.26. The second-order valence-corrected chi connectivity index (χ2v) is 7.04. The Bertz CT molecular complexity index is 868. The highest BCUT2D eigenvalue weighted by Crippen LogP contribution is 2.34. The van der Waals surface area contributed by atoms with Gasteiger partial charge in [0, 0.05) is 32.9 Å². The molecule has 2 aromatic rings. The lowest BCUT2D eigenvalue weighted by atomic mass is 10.3. The summed E-state index contributed by atoms with van der Waals surface area (Å²) in [5, 5.41) is 6.72. The van der Waals surface area contributed by atoms with Crippen molar-refractivity contribution in [1.29, 1.82) is 0 Å². The molecule has 1 N–H and O–H groups in total. The monoisotopic (exact) mass is 397 g/mol. The molecule has 0 aliphatic carbocycles. The molecule has 144 valence electrons. The fraction of sp³-hybridized carbons (Fsp3) is 0.353. The van der Waals surface area contributed by atoms with Crippen LogP contribution >= 0.6 is 11.3 Å². The van der Waals surface area contributed by atoms with Crippen LogP contribution in [0, 0.1) is 0 Å². The number of aryl methyl sites for hydroxylation is 1. The Morgan fingerprint density at radius 1 is 1.37 bits per heavy atom. The van der Waals surface area contributed by atoms with Crippen LogP contribution in [0.3, 0.4) is 0 Å². The van der Waals surface area contributed by atoms with Gasteiger partial charge >= 0.3 is 6.18 Å². The maximum Gasteiger partial charge on any atom is 0.433 e. The van der Waals surface area contributed by atoms with Crippen LogP contribution in [-0.2, 0) is 13.2 Å². The molecular weight excluding hydrogens is 379 g/mol. The van der Waals surface area contributed by atoms with Gasteiger partial charge in [-0.05, 0) is 30.7 Å². The molecule has 0 unspecified atom stereocenters. The van der Waals surface area contributed by atoms with Crippen molar-refractivity contribution in [2.24, 2.45) is 12.0 Å². The highest BCUT2D eigenvalue weighted by atomic mass is 32.1. The molecule has 0 saturated carbocycles. The molecule has 0 saturated heterocycles. The maximum atomic E-state index is 12.9. The summed E-state index contributed by atoms with van der Waals surface area (Å²) in [5.74, 6) is -0.245. The van der Waals surface area contributed by atoms with Crippen molar-refractivity contribution in [2.45, 2.75) is 12.6 Å². The third-order valence-electron chi connectivity index (χ3n) is 3.92. The van der Waals surface area contributed by atoms with E-state index in [-0.39, 0.29) is 11.6 Å². The summed E-state index contributed by atoms with van der Waals surface area (Å²) >= 11 is 1.12. The third-order valence-corrected chi connectivity index (χ3v) is 5.03. The Balaban J connectivity index is 1.55. The van der Waals surface area contributed by atoms with Crippen LogP contribution < -0.4 is 5.32 Å². The number of hydrogen-bond acceptors (Lipinski definition) is 5. The number of aromatic nitrogens is 2. The second kappa shape index (κ2) is 7.95. The lowest BCUT2D eigenvalue weighted by Crippen LogP contribution is -2.29. The minimum atomic E-state index is -4.47. The van der Waals surface area contributed by atoms with Crippen molar-refractivity contribution in [1.82, 2.24) is 20.0 Å². The van der Waals surface area contributed by atoms with E-state index in [0.29, 0.717) is 16.3 Å². The van der Waals surface area contributed by atoms with Crippen LogP contribution in [0.15, 0.2) is 35.5 Å². The van der Waals surface area contributed by atoms with E-state index in [1.165, 1.54) is 7.05 Å². The number of thiophene rings is 1. The average molecular weight is 397 g/mol. The molecule has 27 heavy (non-hydrogen) atoms. The number of nitrogens with zero attached hydrogens (tertiary/aromatic N) is 4. The summed E-state index contributed by atoms with van der Waals surface area (Å²) in [6.07, 6.45) is 1.75. The second-order valence-electron chi connectivity index (χ2n) is 5.95. The lowest BCUT2D eigenvalue weighted by molar-refractivity contribution is -0.143. The molecule has 0 bridgehead atoms. The van der Waals surface area contributed by atoms with Crippen LogP contribution in [-0.4, -0.2) is 46.6 Å². The summed E-state index contributed by atoms with van der Waals surface area (Å²) < 4.78 is 39.4. The number of amides is 1. The molecule has 0 fully saturated rings. The van der Waals surface area contributed by atoms with Gasteiger partial charge in [-0.2, -0.15) is 18.3 Å². The normalized spacial score (nSPS) is 14.0. The SMILES string of the molecule is Cn1nc(-c2ccc(C(=O)NCCCN3C=NC=CC3)s2)cc1C(F)(F)F. The molecule has 1 aliphatic heterocycles. The summed E-state index contributed by atoms with van der Waals surface area (Å²) in [4.78, 5) is 19.2. The van der Waals surface area contributed by atoms with Crippen LogP contribution in [0.1, 0.15) is 21.8 Å². The van der Waals surface area contributed by atoms with Crippen LogP contribution in [0.2, 0.25) is 0 Å². The Hall–Kier alpha value is -2.62. The van der Waals surface area contributed by atoms with Gasteiger partial charge in [0.1, 0.15) is 11.4 Å². The molecule has 0 aromatic carbocycles. The number of rotatable bonds is 6. The predicted molar refractivity (Wildman–Crippen MR) is 97.7 cm³/mol. The largest absolute Gasteiger partial charge is 0.433 e. The van der Waals surface area contributed by atoms with Gasteiger partial charge < -0.3 is 10.2 Å². The smallest absolute Gasteiger partial charge is 0.359 e. The topological polar surface area (TPSA) is 62.5 Å². The van der Waals surface area contributed by atoms with Crippen molar-refractivity contribution in [3.63, 3.8) is 0 Å². The molecule has 10 heteroatoms. The van der Waals surface area contributed by atoms with Gasteiger partial charge in [-0.1, -0.05) is 0 Å². The molecule has 0 radical (unpaired) electrons.